The normalized spacial score (nSPS) is 12.7. The number of rotatable bonds is 9. The van der Waals surface area contributed by atoms with Crippen molar-refractivity contribution in [2.75, 3.05) is 4.34 Å². The molecule has 0 saturated heterocycles. The van der Waals surface area contributed by atoms with E-state index in [1.165, 1.54) is 27.4 Å². The molecule has 0 N–H and O–H groups in total. The van der Waals surface area contributed by atoms with Crippen molar-refractivity contribution in [3.8, 4) is 0 Å². The van der Waals surface area contributed by atoms with E-state index in [4.69, 9.17) is 4.99 Å². The third-order valence-electron chi connectivity index (χ3n) is 7.31. The zero-order valence-electron chi connectivity index (χ0n) is 28.3. The largest absolute Gasteiger partial charge is 0.360 e. The van der Waals surface area contributed by atoms with Gasteiger partial charge in [0.05, 0.1) is 5.54 Å². The fourth-order valence-electron chi connectivity index (χ4n) is 5.23. The van der Waals surface area contributed by atoms with E-state index >= 15 is 0 Å². The topological polar surface area (TPSA) is 18.8 Å². The van der Waals surface area contributed by atoms with Gasteiger partial charge in [0.2, 0.25) is 0 Å². The van der Waals surface area contributed by atoms with Gasteiger partial charge in [-0.3, -0.25) is 4.99 Å². The van der Waals surface area contributed by atoms with Crippen LogP contribution >= 0.6 is 8.07 Å². The van der Waals surface area contributed by atoms with Crippen LogP contribution in [-0.4, -0.2) is 31.3 Å². The van der Waals surface area contributed by atoms with Crippen LogP contribution in [-0.2, 0) is 0 Å². The fraction of sp³-hybridized carbons (Fsp3) is 0.359. The molecule has 0 aliphatic rings. The molecule has 0 spiro atoms. The summed E-state index contributed by atoms with van der Waals surface area (Å²) in [6.07, 6.45) is 0. The molecule has 0 unspecified atom stereocenters. The number of anilines is 1. The van der Waals surface area contributed by atoms with Crippen molar-refractivity contribution in [3.63, 3.8) is 0 Å². The van der Waals surface area contributed by atoms with Crippen molar-refractivity contribution in [3.05, 3.63) is 126 Å². The summed E-state index contributed by atoms with van der Waals surface area (Å²) in [6.45, 7) is 22.9. The number of aliphatic imine (C=N–C) groups is 1. The Morgan fingerprint density at radius 1 is 0.614 bits per heavy atom. The maximum atomic E-state index is 5.44. The molecule has 4 aromatic carbocycles. The summed E-state index contributed by atoms with van der Waals surface area (Å²) in [7, 11) is -0.621. The molecular formula is C39H50N3PSi. The minimum atomic E-state index is -0.930. The lowest BCUT2D eigenvalue weighted by Crippen LogP contribution is -2.55. The third kappa shape index (κ3) is 8.28. The summed E-state index contributed by atoms with van der Waals surface area (Å²) in [5.41, 5.74) is 4.86. The second kappa shape index (κ2) is 14.3. The van der Waals surface area contributed by atoms with Crippen molar-refractivity contribution in [1.29, 1.82) is 0 Å². The van der Waals surface area contributed by atoms with Gasteiger partial charge in [0.15, 0.2) is 0 Å². The summed E-state index contributed by atoms with van der Waals surface area (Å²) in [6, 6.07) is 39.9. The lowest BCUT2D eigenvalue weighted by atomic mass is 9.93. The molecule has 44 heavy (non-hydrogen) atoms. The molecule has 4 aromatic rings. The summed E-state index contributed by atoms with van der Waals surface area (Å²) in [4.78, 5) is 5.44. The Morgan fingerprint density at radius 3 is 1.43 bits per heavy atom. The summed E-state index contributed by atoms with van der Waals surface area (Å²) >= 11 is 0. The van der Waals surface area contributed by atoms with Gasteiger partial charge in [0.25, 0.3) is 0 Å². The van der Waals surface area contributed by atoms with Gasteiger partial charge in [0, 0.05) is 24.9 Å². The van der Waals surface area contributed by atoms with E-state index in [0.717, 1.165) is 11.4 Å². The molecule has 3 nitrogen and oxygen atoms in total. The predicted molar refractivity (Wildman–Crippen MR) is 196 cm³/mol. The quantitative estimate of drug-likeness (QED) is 0.0804. The van der Waals surface area contributed by atoms with E-state index < -0.39 is 8.07 Å². The second-order valence-electron chi connectivity index (χ2n) is 14.0. The first kappa shape index (κ1) is 33.7. The molecule has 0 saturated carbocycles. The Bertz CT molecular complexity index is 1440. The smallest absolute Gasteiger partial charge is 0.338 e. The number of para-hydroxylation sites is 1. The standard InChI is InChI=1S/C39H50N3PSi/c1-29(2)34-27-20-28-35(30(3)4)36(34)42(43(32-23-16-12-17-24-32)33-25-18-13-19-26-33)44-41(39(8,9)10)37(40-38(5,6)7)31-21-14-11-15-22-31/h11-30H,1-10H3. The van der Waals surface area contributed by atoms with Crippen LogP contribution in [0.15, 0.2) is 114 Å². The van der Waals surface area contributed by atoms with E-state index in [1.807, 2.05) is 0 Å². The maximum Gasteiger partial charge on any atom is 0.338 e. The molecule has 0 aromatic heterocycles. The highest BCUT2D eigenvalue weighted by molar-refractivity contribution is 7.76. The Labute approximate surface area is 271 Å². The minimum Gasteiger partial charge on any atom is -0.360 e. The minimum absolute atomic E-state index is 0.199. The van der Waals surface area contributed by atoms with Crippen LogP contribution in [0.5, 0.6) is 0 Å². The number of hydrogen-bond donors (Lipinski definition) is 0. The first-order chi connectivity index (χ1) is 20.8. The van der Waals surface area contributed by atoms with Crippen LogP contribution in [0.25, 0.3) is 0 Å². The fourth-order valence-corrected chi connectivity index (χ4v) is 9.77. The Morgan fingerprint density at radius 2 is 1.05 bits per heavy atom. The summed E-state index contributed by atoms with van der Waals surface area (Å²) in [5.74, 6) is 1.79. The number of amidine groups is 1. The Hall–Kier alpha value is -3.20. The monoisotopic (exact) mass is 619 g/mol. The van der Waals surface area contributed by atoms with Crippen LogP contribution in [0.3, 0.4) is 0 Å². The van der Waals surface area contributed by atoms with E-state index in [0.29, 0.717) is 21.7 Å². The molecule has 0 heterocycles. The van der Waals surface area contributed by atoms with Crippen molar-refractivity contribution in [2.24, 2.45) is 4.99 Å². The molecule has 0 amide bonds. The summed E-state index contributed by atoms with van der Waals surface area (Å²) in [5, 5.41) is 2.69. The van der Waals surface area contributed by atoms with E-state index in [-0.39, 0.29) is 11.1 Å². The second-order valence-corrected chi connectivity index (χ2v) is 17.5. The third-order valence-corrected chi connectivity index (χ3v) is 11.8. The van der Waals surface area contributed by atoms with E-state index in [9.17, 15) is 0 Å². The lowest BCUT2D eigenvalue weighted by Gasteiger charge is -2.45. The van der Waals surface area contributed by atoms with Crippen molar-refractivity contribution in [2.45, 2.75) is 92.2 Å². The average Bonchev–Trinajstić information content (AvgIpc) is 2.98. The highest BCUT2D eigenvalue weighted by Gasteiger charge is 2.36. The van der Waals surface area contributed by atoms with Gasteiger partial charge in [-0.25, -0.2) is 0 Å². The maximum absolute atomic E-state index is 5.44. The predicted octanol–water partition coefficient (Wildman–Crippen LogP) is 9.67. The van der Waals surface area contributed by atoms with Gasteiger partial charge in [-0.2, -0.15) is 0 Å². The Balaban J connectivity index is 2.09. The lowest BCUT2D eigenvalue weighted by molar-refractivity contribution is 0.355. The van der Waals surface area contributed by atoms with Gasteiger partial charge < -0.3 is 8.90 Å². The van der Waals surface area contributed by atoms with Crippen LogP contribution in [0.1, 0.15) is 97.8 Å². The molecule has 0 aliphatic heterocycles. The van der Waals surface area contributed by atoms with Crippen LogP contribution in [0, 0.1) is 0 Å². The van der Waals surface area contributed by atoms with Crippen LogP contribution in [0.2, 0.25) is 0 Å². The average molecular weight is 620 g/mol. The van der Waals surface area contributed by atoms with Crippen molar-refractivity contribution < 1.29 is 0 Å². The van der Waals surface area contributed by atoms with Crippen LogP contribution in [0.4, 0.5) is 5.69 Å². The molecule has 0 bridgehead atoms. The zero-order valence-corrected chi connectivity index (χ0v) is 30.2. The highest BCUT2D eigenvalue weighted by atomic mass is 31.1. The molecule has 4 rings (SSSR count). The van der Waals surface area contributed by atoms with Crippen LogP contribution < -0.4 is 14.9 Å². The zero-order chi connectivity index (χ0) is 32.1. The van der Waals surface area contributed by atoms with E-state index in [2.05, 4.69) is 187 Å². The van der Waals surface area contributed by atoms with Gasteiger partial charge in [0.1, 0.15) is 5.84 Å². The number of hydrogen-bond acceptors (Lipinski definition) is 2. The summed E-state index contributed by atoms with van der Waals surface area (Å²) < 4.78 is 5.33. The molecule has 0 atom stereocenters. The number of nitrogens with zero attached hydrogens (tertiary/aromatic N) is 3. The number of benzene rings is 4. The molecule has 230 valence electrons. The van der Waals surface area contributed by atoms with Gasteiger partial charge in [-0.15, -0.1) is 0 Å². The molecule has 5 heteroatoms. The molecule has 2 radical (unpaired) electrons. The first-order valence-corrected chi connectivity index (χ1v) is 18.0. The molecule has 0 fully saturated rings. The van der Waals surface area contributed by atoms with Crippen molar-refractivity contribution in [1.82, 2.24) is 4.57 Å². The van der Waals surface area contributed by atoms with E-state index in [1.54, 1.807) is 0 Å². The Kier molecular flexibility index (Phi) is 10.9. The highest BCUT2D eigenvalue weighted by Crippen LogP contribution is 2.48. The molecule has 0 aliphatic carbocycles. The van der Waals surface area contributed by atoms with Crippen molar-refractivity contribution >= 4 is 40.0 Å². The van der Waals surface area contributed by atoms with Gasteiger partial charge >= 0.3 is 9.84 Å². The van der Waals surface area contributed by atoms with Gasteiger partial charge in [-0.1, -0.05) is 137 Å². The first-order valence-electron chi connectivity index (χ1n) is 15.8. The van der Waals surface area contributed by atoms with Gasteiger partial charge in [-0.05, 0) is 75.1 Å². The SMILES string of the molecule is CC(C)c1cccc(C(C)C)c1N([Si]N(C(=NC(C)(C)C)c1ccccc1)C(C)(C)C)P(c1ccccc1)c1ccccc1. The molecular weight excluding hydrogens is 570 g/mol.